The first-order valence-corrected chi connectivity index (χ1v) is 5.75. The molecule has 1 fully saturated rings. The number of ether oxygens (including phenoxy) is 1. The summed E-state index contributed by atoms with van der Waals surface area (Å²) in [6.07, 6.45) is 6.50. The fraction of sp³-hybridized carbons (Fsp3) is 0.750. The van der Waals surface area contributed by atoms with Gasteiger partial charge < -0.3 is 10.1 Å². The summed E-state index contributed by atoms with van der Waals surface area (Å²) in [4.78, 5) is 11.1. The minimum atomic E-state index is -0.0265. The summed E-state index contributed by atoms with van der Waals surface area (Å²) >= 11 is 0. The van der Waals surface area contributed by atoms with Crippen LogP contribution in [0.3, 0.4) is 0 Å². The summed E-state index contributed by atoms with van der Waals surface area (Å²) in [5.41, 5.74) is 0.584. The minimum absolute atomic E-state index is 0.0265. The van der Waals surface area contributed by atoms with Gasteiger partial charge in [0, 0.05) is 12.1 Å². The molecule has 1 heterocycles. The van der Waals surface area contributed by atoms with Gasteiger partial charge in [0.25, 0.3) is 0 Å². The standard InChI is InChI=1S/C12H21NO2/c1-10(2)12(14)13-8-6-4-3-5-7-11-9-15-11/h11H,1,3-9H2,2H3,(H,13,14). The highest BCUT2D eigenvalue weighted by Crippen LogP contribution is 2.17. The third-order valence-corrected chi connectivity index (χ3v) is 2.53. The van der Waals surface area contributed by atoms with Crippen molar-refractivity contribution in [1.29, 1.82) is 0 Å². The van der Waals surface area contributed by atoms with Crippen molar-refractivity contribution in [3.8, 4) is 0 Å². The molecule has 1 amide bonds. The van der Waals surface area contributed by atoms with E-state index in [1.165, 1.54) is 25.7 Å². The Labute approximate surface area is 91.9 Å². The maximum atomic E-state index is 11.1. The lowest BCUT2D eigenvalue weighted by atomic mass is 10.1. The van der Waals surface area contributed by atoms with Gasteiger partial charge >= 0.3 is 0 Å². The van der Waals surface area contributed by atoms with Crippen molar-refractivity contribution in [2.24, 2.45) is 0 Å². The van der Waals surface area contributed by atoms with E-state index in [0.29, 0.717) is 11.7 Å². The molecule has 1 saturated heterocycles. The maximum Gasteiger partial charge on any atom is 0.246 e. The SMILES string of the molecule is C=C(C)C(=O)NCCCCCCC1CO1. The molecule has 1 unspecified atom stereocenters. The van der Waals surface area contributed by atoms with Gasteiger partial charge in [0.1, 0.15) is 0 Å². The molecule has 3 nitrogen and oxygen atoms in total. The second-order valence-corrected chi connectivity index (χ2v) is 4.19. The molecular weight excluding hydrogens is 190 g/mol. The molecule has 3 heteroatoms. The van der Waals surface area contributed by atoms with Crippen LogP contribution < -0.4 is 5.32 Å². The molecule has 0 spiro atoms. The highest BCUT2D eigenvalue weighted by Gasteiger charge is 2.20. The van der Waals surface area contributed by atoms with Crippen molar-refractivity contribution in [3.05, 3.63) is 12.2 Å². The molecule has 0 bridgehead atoms. The van der Waals surface area contributed by atoms with E-state index in [9.17, 15) is 4.79 Å². The van der Waals surface area contributed by atoms with E-state index in [0.717, 1.165) is 19.6 Å². The Morgan fingerprint density at radius 2 is 2.07 bits per heavy atom. The molecular formula is C12H21NO2. The molecule has 1 atom stereocenters. The van der Waals surface area contributed by atoms with Crippen molar-refractivity contribution in [1.82, 2.24) is 5.32 Å². The molecule has 86 valence electrons. The number of nitrogens with one attached hydrogen (secondary N) is 1. The molecule has 1 aliphatic heterocycles. The van der Waals surface area contributed by atoms with Crippen LogP contribution in [0.1, 0.15) is 39.0 Å². The molecule has 0 aromatic rings. The Balaban J connectivity index is 1.79. The Hall–Kier alpha value is -0.830. The van der Waals surface area contributed by atoms with Gasteiger partial charge in [-0.05, 0) is 19.8 Å². The van der Waals surface area contributed by atoms with Gasteiger partial charge in [0.2, 0.25) is 5.91 Å². The zero-order chi connectivity index (χ0) is 11.1. The smallest absolute Gasteiger partial charge is 0.246 e. The monoisotopic (exact) mass is 211 g/mol. The van der Waals surface area contributed by atoms with Crippen molar-refractivity contribution < 1.29 is 9.53 Å². The first-order chi connectivity index (χ1) is 7.20. The van der Waals surface area contributed by atoms with E-state index in [4.69, 9.17) is 4.74 Å². The average Bonchev–Trinajstić information content (AvgIpc) is 2.99. The summed E-state index contributed by atoms with van der Waals surface area (Å²) in [7, 11) is 0. The van der Waals surface area contributed by atoms with Crippen LogP contribution in [-0.2, 0) is 9.53 Å². The number of amides is 1. The summed E-state index contributed by atoms with van der Waals surface area (Å²) in [5.74, 6) is -0.0265. The third-order valence-electron chi connectivity index (χ3n) is 2.53. The van der Waals surface area contributed by atoms with E-state index in [-0.39, 0.29) is 5.91 Å². The Kier molecular flexibility index (Phi) is 5.40. The molecule has 1 N–H and O–H groups in total. The number of epoxide rings is 1. The first kappa shape index (κ1) is 12.2. The quantitative estimate of drug-likeness (QED) is 0.379. The van der Waals surface area contributed by atoms with Crippen LogP contribution in [0.4, 0.5) is 0 Å². The van der Waals surface area contributed by atoms with E-state index in [1.54, 1.807) is 6.92 Å². The number of rotatable bonds is 8. The molecule has 15 heavy (non-hydrogen) atoms. The van der Waals surface area contributed by atoms with Crippen molar-refractivity contribution >= 4 is 5.91 Å². The Bertz CT molecular complexity index is 222. The predicted molar refractivity (Wildman–Crippen MR) is 60.6 cm³/mol. The van der Waals surface area contributed by atoms with E-state index in [1.807, 2.05) is 0 Å². The second-order valence-electron chi connectivity index (χ2n) is 4.19. The van der Waals surface area contributed by atoms with E-state index >= 15 is 0 Å². The van der Waals surface area contributed by atoms with Gasteiger partial charge in [-0.1, -0.05) is 25.8 Å². The topological polar surface area (TPSA) is 41.6 Å². The van der Waals surface area contributed by atoms with Crippen LogP contribution >= 0.6 is 0 Å². The van der Waals surface area contributed by atoms with Crippen LogP contribution in [0.5, 0.6) is 0 Å². The zero-order valence-corrected chi connectivity index (χ0v) is 9.55. The highest BCUT2D eigenvalue weighted by molar-refractivity contribution is 5.91. The lowest BCUT2D eigenvalue weighted by Crippen LogP contribution is -2.24. The fourth-order valence-corrected chi connectivity index (χ4v) is 1.44. The normalized spacial score (nSPS) is 18.6. The molecule has 0 aromatic heterocycles. The van der Waals surface area contributed by atoms with Crippen LogP contribution in [0.2, 0.25) is 0 Å². The van der Waals surface area contributed by atoms with E-state index in [2.05, 4.69) is 11.9 Å². The fourth-order valence-electron chi connectivity index (χ4n) is 1.44. The van der Waals surface area contributed by atoms with Crippen LogP contribution in [0.25, 0.3) is 0 Å². The highest BCUT2D eigenvalue weighted by atomic mass is 16.6. The van der Waals surface area contributed by atoms with E-state index < -0.39 is 0 Å². The molecule has 1 rings (SSSR count). The van der Waals surface area contributed by atoms with Crippen molar-refractivity contribution in [3.63, 3.8) is 0 Å². The second kappa shape index (κ2) is 6.62. The van der Waals surface area contributed by atoms with Crippen molar-refractivity contribution in [2.75, 3.05) is 13.2 Å². The molecule has 0 aliphatic carbocycles. The third kappa shape index (κ3) is 6.28. The Morgan fingerprint density at radius 3 is 2.67 bits per heavy atom. The van der Waals surface area contributed by atoms with Gasteiger partial charge in [-0.3, -0.25) is 4.79 Å². The predicted octanol–water partition coefficient (Wildman–Crippen LogP) is 2.03. The molecule has 0 aromatic carbocycles. The maximum absolute atomic E-state index is 11.1. The number of unbranched alkanes of at least 4 members (excludes halogenated alkanes) is 3. The van der Waals surface area contributed by atoms with Gasteiger partial charge in [0.05, 0.1) is 12.7 Å². The largest absolute Gasteiger partial charge is 0.373 e. The number of hydrogen-bond acceptors (Lipinski definition) is 2. The summed E-state index contributed by atoms with van der Waals surface area (Å²) in [6.45, 7) is 7.05. The van der Waals surface area contributed by atoms with Crippen LogP contribution in [-0.4, -0.2) is 25.2 Å². The number of carbonyl (C=O) groups is 1. The molecule has 1 aliphatic rings. The lowest BCUT2D eigenvalue weighted by Gasteiger charge is -2.04. The minimum Gasteiger partial charge on any atom is -0.373 e. The summed E-state index contributed by atoms with van der Waals surface area (Å²) in [5, 5.41) is 2.83. The molecule has 0 saturated carbocycles. The van der Waals surface area contributed by atoms with Gasteiger partial charge in [-0.15, -0.1) is 0 Å². The van der Waals surface area contributed by atoms with Crippen molar-refractivity contribution in [2.45, 2.75) is 45.1 Å². The van der Waals surface area contributed by atoms with Gasteiger partial charge in [-0.2, -0.15) is 0 Å². The van der Waals surface area contributed by atoms with Gasteiger partial charge in [0.15, 0.2) is 0 Å². The van der Waals surface area contributed by atoms with Crippen LogP contribution in [0.15, 0.2) is 12.2 Å². The Morgan fingerprint density at radius 1 is 1.40 bits per heavy atom. The van der Waals surface area contributed by atoms with Gasteiger partial charge in [-0.25, -0.2) is 0 Å². The molecule has 0 radical (unpaired) electrons. The first-order valence-electron chi connectivity index (χ1n) is 5.75. The summed E-state index contributed by atoms with van der Waals surface area (Å²) in [6, 6.07) is 0. The lowest BCUT2D eigenvalue weighted by molar-refractivity contribution is -0.117. The van der Waals surface area contributed by atoms with Crippen LogP contribution in [0, 0.1) is 0 Å². The average molecular weight is 211 g/mol. The summed E-state index contributed by atoms with van der Waals surface area (Å²) < 4.78 is 5.13. The number of hydrogen-bond donors (Lipinski definition) is 1. The number of carbonyl (C=O) groups excluding carboxylic acids is 1. The zero-order valence-electron chi connectivity index (χ0n) is 9.55.